The largest absolute Gasteiger partial charge is 0.465 e. The topological polar surface area (TPSA) is 93.3 Å². The number of nitrogens with one attached hydrogen (secondary N) is 2. The van der Waals surface area contributed by atoms with Crippen LogP contribution in [-0.4, -0.2) is 29.0 Å². The minimum absolute atomic E-state index is 0.0905. The summed E-state index contributed by atoms with van der Waals surface area (Å²) in [4.78, 5) is 33.1. The van der Waals surface area contributed by atoms with E-state index in [-0.39, 0.29) is 22.8 Å². The average molecular weight is 671 g/mol. The second-order valence-corrected chi connectivity index (χ2v) is 13.3. The number of imidazole rings is 1. The monoisotopic (exact) mass is 669 g/mol. The highest BCUT2D eigenvalue weighted by Gasteiger charge is 2.20. The number of hydrogen-bond donors (Lipinski definition) is 2. The molecule has 0 aliphatic rings. The van der Waals surface area contributed by atoms with Gasteiger partial charge in [-0.3, -0.25) is 4.79 Å². The number of H-pyrrole nitrogens is 1. The van der Waals surface area contributed by atoms with Crippen LogP contribution in [0.1, 0.15) is 68.2 Å². The van der Waals surface area contributed by atoms with Gasteiger partial charge >= 0.3 is 5.97 Å². The van der Waals surface area contributed by atoms with Gasteiger partial charge in [0, 0.05) is 22.9 Å². The molecule has 7 nitrogen and oxygen atoms in total. The van der Waals surface area contributed by atoms with E-state index in [1.165, 1.54) is 7.11 Å². The molecule has 0 fully saturated rings. The Morgan fingerprint density at radius 2 is 1.55 bits per heavy atom. The van der Waals surface area contributed by atoms with Crippen LogP contribution in [0.2, 0.25) is 10.0 Å². The van der Waals surface area contributed by atoms with E-state index in [4.69, 9.17) is 32.7 Å². The molecule has 2 N–H and O–H groups in total. The zero-order valence-electron chi connectivity index (χ0n) is 27.0. The fourth-order valence-corrected chi connectivity index (χ4v) is 5.87. The Hall–Kier alpha value is -4.59. The molecule has 1 atom stereocenters. The van der Waals surface area contributed by atoms with Gasteiger partial charge in [-0.1, -0.05) is 87.3 Å². The highest BCUT2D eigenvalue weighted by molar-refractivity contribution is 6.36. The molecule has 0 saturated carbocycles. The fraction of sp³-hybridized carbons (Fsp3) is 0.237. The fourth-order valence-electron chi connectivity index (χ4n) is 5.36. The molecule has 1 heterocycles. The molecule has 0 saturated heterocycles. The number of carbonyl (C=O) groups is 2. The van der Waals surface area contributed by atoms with Crippen molar-refractivity contribution in [2.24, 2.45) is 5.41 Å². The number of carbonyl (C=O) groups excluding carboxylic acids is 2. The quantitative estimate of drug-likeness (QED) is 0.144. The molecule has 4 aromatic carbocycles. The SMILES string of the molecule is CCC(c1ccc(-c2ccc(Oc3ccc(NC(=O)CC(C)(C)C)c(C(=O)OC)c3)cc2)cc1)c1ncc(-c2ccc(Cl)cc2Cl)[nH]1. The Kier molecular flexibility index (Phi) is 10.4. The second-order valence-electron chi connectivity index (χ2n) is 12.5. The number of hydrogen-bond acceptors (Lipinski definition) is 5. The number of methoxy groups -OCH3 is 1. The van der Waals surface area contributed by atoms with Gasteiger partial charge in [0.05, 0.1) is 35.3 Å². The van der Waals surface area contributed by atoms with Crippen LogP contribution in [-0.2, 0) is 9.53 Å². The number of ether oxygens (including phenoxy) is 2. The molecule has 5 rings (SSSR count). The molecule has 0 aliphatic carbocycles. The average Bonchev–Trinajstić information content (AvgIpc) is 3.51. The molecular formula is C38H37Cl2N3O4. The van der Waals surface area contributed by atoms with Crippen molar-refractivity contribution in [3.05, 3.63) is 118 Å². The van der Waals surface area contributed by atoms with Crippen molar-refractivity contribution < 1.29 is 19.1 Å². The number of amides is 1. The van der Waals surface area contributed by atoms with E-state index in [1.807, 2.05) is 63.4 Å². The second kappa shape index (κ2) is 14.4. The number of anilines is 1. The van der Waals surface area contributed by atoms with E-state index in [0.717, 1.165) is 40.2 Å². The Morgan fingerprint density at radius 3 is 2.17 bits per heavy atom. The lowest BCUT2D eigenvalue weighted by Crippen LogP contribution is -2.21. The molecule has 1 aromatic heterocycles. The molecule has 5 aromatic rings. The van der Waals surface area contributed by atoms with Gasteiger partial charge in [0.1, 0.15) is 17.3 Å². The number of nitrogens with zero attached hydrogens (tertiary/aromatic N) is 1. The molecule has 0 aliphatic heterocycles. The normalized spacial score (nSPS) is 12.0. The van der Waals surface area contributed by atoms with Gasteiger partial charge in [-0.15, -0.1) is 0 Å². The van der Waals surface area contributed by atoms with Crippen LogP contribution in [0.25, 0.3) is 22.4 Å². The number of esters is 1. The van der Waals surface area contributed by atoms with E-state index in [9.17, 15) is 9.59 Å². The highest BCUT2D eigenvalue weighted by atomic mass is 35.5. The molecule has 47 heavy (non-hydrogen) atoms. The van der Waals surface area contributed by atoms with Gasteiger partial charge in [0.25, 0.3) is 0 Å². The Labute approximate surface area is 285 Å². The number of benzene rings is 4. The molecule has 9 heteroatoms. The number of halogens is 2. The van der Waals surface area contributed by atoms with E-state index >= 15 is 0 Å². The van der Waals surface area contributed by atoms with Gasteiger partial charge in [-0.05, 0) is 77.1 Å². The third-order valence-electron chi connectivity index (χ3n) is 7.65. The lowest BCUT2D eigenvalue weighted by Gasteiger charge is -2.18. The molecule has 242 valence electrons. The minimum atomic E-state index is -0.566. The zero-order valence-corrected chi connectivity index (χ0v) is 28.5. The first kappa shape index (κ1) is 33.8. The van der Waals surface area contributed by atoms with Crippen LogP contribution < -0.4 is 10.1 Å². The predicted molar refractivity (Wildman–Crippen MR) is 189 cm³/mol. The summed E-state index contributed by atoms with van der Waals surface area (Å²) in [5, 5.41) is 3.99. The van der Waals surface area contributed by atoms with Crippen molar-refractivity contribution in [2.75, 3.05) is 12.4 Å². The van der Waals surface area contributed by atoms with Crippen LogP contribution in [0.5, 0.6) is 11.5 Å². The van der Waals surface area contributed by atoms with Gasteiger partial charge in [-0.25, -0.2) is 9.78 Å². The molecule has 1 unspecified atom stereocenters. The third kappa shape index (κ3) is 8.42. The maximum atomic E-state index is 12.5. The minimum Gasteiger partial charge on any atom is -0.465 e. The van der Waals surface area contributed by atoms with Crippen LogP contribution in [0.3, 0.4) is 0 Å². The van der Waals surface area contributed by atoms with Gasteiger partial charge in [0.2, 0.25) is 5.91 Å². The molecule has 0 bridgehead atoms. The van der Waals surface area contributed by atoms with Crippen LogP contribution in [0.4, 0.5) is 5.69 Å². The molecular weight excluding hydrogens is 633 g/mol. The summed E-state index contributed by atoms with van der Waals surface area (Å²) in [7, 11) is 1.30. The molecule has 1 amide bonds. The van der Waals surface area contributed by atoms with Gasteiger partial charge < -0.3 is 19.8 Å². The first-order valence-electron chi connectivity index (χ1n) is 15.3. The van der Waals surface area contributed by atoms with Gasteiger partial charge in [0.15, 0.2) is 0 Å². The number of aromatic nitrogens is 2. The summed E-state index contributed by atoms with van der Waals surface area (Å²) in [6.07, 6.45) is 2.99. The lowest BCUT2D eigenvalue weighted by atomic mass is 9.92. The van der Waals surface area contributed by atoms with E-state index in [1.54, 1.807) is 24.3 Å². The van der Waals surface area contributed by atoms with Gasteiger partial charge in [-0.2, -0.15) is 0 Å². The standard InChI is InChI=1S/C38H37Cl2N3O4/c1-6-29(36-41-22-34(43-36)30-17-13-26(39)19-32(30)40)25-9-7-23(8-10-25)24-11-14-27(15-12-24)47-28-16-18-33(31(20-28)37(45)46-5)42-35(44)21-38(2,3)4/h7-20,22,29H,6,21H2,1-5H3,(H,41,43)(H,42,44). The summed E-state index contributed by atoms with van der Waals surface area (Å²) in [5.41, 5.74) is 5.35. The maximum absolute atomic E-state index is 12.5. The van der Waals surface area contributed by atoms with Crippen molar-refractivity contribution in [1.82, 2.24) is 9.97 Å². The van der Waals surface area contributed by atoms with Crippen LogP contribution >= 0.6 is 23.2 Å². The maximum Gasteiger partial charge on any atom is 0.340 e. The Morgan fingerprint density at radius 1 is 0.894 bits per heavy atom. The zero-order chi connectivity index (χ0) is 33.7. The highest BCUT2D eigenvalue weighted by Crippen LogP contribution is 2.34. The molecule has 0 spiro atoms. The van der Waals surface area contributed by atoms with E-state index in [0.29, 0.717) is 33.7 Å². The predicted octanol–water partition coefficient (Wildman–Crippen LogP) is 10.5. The summed E-state index contributed by atoms with van der Waals surface area (Å²) in [6, 6.07) is 26.5. The van der Waals surface area contributed by atoms with Crippen molar-refractivity contribution in [3.8, 4) is 33.9 Å². The first-order chi connectivity index (χ1) is 22.4. The van der Waals surface area contributed by atoms with Crippen molar-refractivity contribution >= 4 is 40.8 Å². The summed E-state index contributed by atoms with van der Waals surface area (Å²) in [5.74, 6) is 1.27. The molecule has 0 radical (unpaired) electrons. The van der Waals surface area contributed by atoms with Crippen LogP contribution in [0.15, 0.2) is 91.1 Å². The third-order valence-corrected chi connectivity index (χ3v) is 8.20. The van der Waals surface area contributed by atoms with Crippen LogP contribution in [0, 0.1) is 5.41 Å². The van der Waals surface area contributed by atoms with E-state index in [2.05, 4.69) is 46.5 Å². The summed E-state index contributed by atoms with van der Waals surface area (Å²) in [6.45, 7) is 8.07. The van der Waals surface area contributed by atoms with E-state index < -0.39 is 5.97 Å². The lowest BCUT2D eigenvalue weighted by molar-refractivity contribution is -0.117. The number of aromatic amines is 1. The Balaban J connectivity index is 1.28. The van der Waals surface area contributed by atoms with Crippen molar-refractivity contribution in [3.63, 3.8) is 0 Å². The van der Waals surface area contributed by atoms with Crippen molar-refractivity contribution in [2.45, 2.75) is 46.5 Å². The summed E-state index contributed by atoms with van der Waals surface area (Å²) < 4.78 is 11.0. The first-order valence-corrected chi connectivity index (χ1v) is 16.1. The smallest absolute Gasteiger partial charge is 0.340 e. The Bertz CT molecular complexity index is 1880. The number of rotatable bonds is 10. The van der Waals surface area contributed by atoms with Crippen molar-refractivity contribution in [1.29, 1.82) is 0 Å². The summed E-state index contributed by atoms with van der Waals surface area (Å²) >= 11 is 12.5.